The standard InChI is InChI=1S/C15H24N2/c1-3-12-6-7-14(9-12)15(16-2)10-13-5-4-8-17-11-13/h4-5,8,11-12,14-16H,3,6-7,9-10H2,1-2H3. The van der Waals surface area contributed by atoms with Gasteiger partial charge < -0.3 is 5.32 Å². The van der Waals surface area contributed by atoms with Crippen molar-refractivity contribution in [3.05, 3.63) is 30.1 Å². The van der Waals surface area contributed by atoms with Gasteiger partial charge >= 0.3 is 0 Å². The summed E-state index contributed by atoms with van der Waals surface area (Å²) in [7, 11) is 2.10. The molecule has 2 nitrogen and oxygen atoms in total. The largest absolute Gasteiger partial charge is 0.316 e. The molecule has 0 spiro atoms. The van der Waals surface area contributed by atoms with E-state index in [-0.39, 0.29) is 0 Å². The van der Waals surface area contributed by atoms with Crippen molar-refractivity contribution in [1.29, 1.82) is 0 Å². The molecule has 1 heterocycles. The summed E-state index contributed by atoms with van der Waals surface area (Å²) < 4.78 is 0. The second-order valence-corrected chi connectivity index (χ2v) is 5.31. The van der Waals surface area contributed by atoms with Crippen LogP contribution in [0.25, 0.3) is 0 Å². The van der Waals surface area contributed by atoms with E-state index >= 15 is 0 Å². The zero-order valence-corrected chi connectivity index (χ0v) is 11.0. The first-order valence-corrected chi connectivity index (χ1v) is 6.89. The normalized spacial score (nSPS) is 26.0. The highest BCUT2D eigenvalue weighted by Crippen LogP contribution is 2.35. The molecule has 17 heavy (non-hydrogen) atoms. The number of hydrogen-bond acceptors (Lipinski definition) is 2. The lowest BCUT2D eigenvalue weighted by Gasteiger charge is -2.23. The van der Waals surface area contributed by atoms with Crippen LogP contribution >= 0.6 is 0 Å². The summed E-state index contributed by atoms with van der Waals surface area (Å²) in [5.41, 5.74) is 1.35. The average molecular weight is 232 g/mol. The maximum absolute atomic E-state index is 4.20. The monoisotopic (exact) mass is 232 g/mol. The Hall–Kier alpha value is -0.890. The lowest BCUT2D eigenvalue weighted by Crippen LogP contribution is -2.34. The Kier molecular flexibility index (Phi) is 4.55. The van der Waals surface area contributed by atoms with E-state index in [9.17, 15) is 0 Å². The Morgan fingerprint density at radius 3 is 2.94 bits per heavy atom. The van der Waals surface area contributed by atoms with Crippen molar-refractivity contribution in [2.24, 2.45) is 11.8 Å². The fourth-order valence-electron chi connectivity index (χ4n) is 3.13. The summed E-state index contributed by atoms with van der Waals surface area (Å²) in [5, 5.41) is 3.51. The van der Waals surface area contributed by atoms with Gasteiger partial charge in [0.2, 0.25) is 0 Å². The molecule has 1 N–H and O–H groups in total. The number of pyridine rings is 1. The van der Waals surface area contributed by atoms with Crippen LogP contribution < -0.4 is 5.32 Å². The van der Waals surface area contributed by atoms with Crippen molar-refractivity contribution >= 4 is 0 Å². The van der Waals surface area contributed by atoms with Gasteiger partial charge in [-0.15, -0.1) is 0 Å². The Morgan fingerprint density at radius 1 is 1.47 bits per heavy atom. The van der Waals surface area contributed by atoms with Gasteiger partial charge in [0, 0.05) is 18.4 Å². The number of nitrogens with zero attached hydrogens (tertiary/aromatic N) is 1. The van der Waals surface area contributed by atoms with Crippen molar-refractivity contribution < 1.29 is 0 Å². The molecule has 1 aromatic heterocycles. The number of hydrogen-bond donors (Lipinski definition) is 1. The molecule has 1 saturated carbocycles. The molecule has 0 aliphatic heterocycles. The quantitative estimate of drug-likeness (QED) is 0.844. The molecule has 0 amide bonds. The van der Waals surface area contributed by atoms with Gasteiger partial charge in [0.25, 0.3) is 0 Å². The maximum Gasteiger partial charge on any atom is 0.0300 e. The Bertz CT molecular complexity index is 323. The molecule has 2 heteroatoms. The third kappa shape index (κ3) is 3.29. The Labute approximate surface area is 105 Å². The minimum absolute atomic E-state index is 0.621. The van der Waals surface area contributed by atoms with Crippen molar-refractivity contribution in [3.63, 3.8) is 0 Å². The van der Waals surface area contributed by atoms with Gasteiger partial charge in [-0.05, 0) is 49.8 Å². The summed E-state index contributed by atoms with van der Waals surface area (Å²) in [4.78, 5) is 4.20. The Morgan fingerprint density at radius 2 is 2.35 bits per heavy atom. The molecular formula is C15H24N2. The van der Waals surface area contributed by atoms with Crippen molar-refractivity contribution in [2.45, 2.75) is 45.1 Å². The topological polar surface area (TPSA) is 24.9 Å². The second kappa shape index (κ2) is 6.15. The highest BCUT2D eigenvalue weighted by molar-refractivity contribution is 5.10. The molecule has 0 aromatic carbocycles. The molecule has 1 fully saturated rings. The number of aromatic nitrogens is 1. The Balaban J connectivity index is 1.93. The fourth-order valence-corrected chi connectivity index (χ4v) is 3.13. The molecule has 0 saturated heterocycles. The second-order valence-electron chi connectivity index (χ2n) is 5.31. The molecule has 0 bridgehead atoms. The molecule has 94 valence electrons. The smallest absolute Gasteiger partial charge is 0.0300 e. The summed E-state index contributed by atoms with van der Waals surface area (Å²) in [6.07, 6.45) is 10.5. The van der Waals surface area contributed by atoms with Crippen LogP contribution in [0.3, 0.4) is 0 Å². The predicted molar refractivity (Wildman–Crippen MR) is 71.9 cm³/mol. The minimum Gasteiger partial charge on any atom is -0.316 e. The molecule has 1 aromatic rings. The highest BCUT2D eigenvalue weighted by Gasteiger charge is 2.29. The maximum atomic E-state index is 4.20. The van der Waals surface area contributed by atoms with E-state index in [4.69, 9.17) is 0 Å². The van der Waals surface area contributed by atoms with Gasteiger partial charge in [-0.2, -0.15) is 0 Å². The zero-order chi connectivity index (χ0) is 12.1. The summed E-state index contributed by atoms with van der Waals surface area (Å²) in [5.74, 6) is 1.81. The van der Waals surface area contributed by atoms with E-state index in [1.165, 1.54) is 31.2 Å². The van der Waals surface area contributed by atoms with E-state index < -0.39 is 0 Å². The number of nitrogens with one attached hydrogen (secondary N) is 1. The first-order chi connectivity index (χ1) is 8.33. The van der Waals surface area contributed by atoms with Crippen LogP contribution in [-0.2, 0) is 6.42 Å². The van der Waals surface area contributed by atoms with Crippen molar-refractivity contribution in [3.8, 4) is 0 Å². The lowest BCUT2D eigenvalue weighted by atomic mass is 9.91. The van der Waals surface area contributed by atoms with Crippen LogP contribution in [0.1, 0.15) is 38.2 Å². The van der Waals surface area contributed by atoms with E-state index in [0.29, 0.717) is 6.04 Å². The summed E-state index contributed by atoms with van der Waals surface area (Å²) in [6.45, 7) is 2.32. The van der Waals surface area contributed by atoms with Crippen molar-refractivity contribution in [1.82, 2.24) is 10.3 Å². The third-order valence-electron chi connectivity index (χ3n) is 4.28. The lowest BCUT2D eigenvalue weighted by molar-refractivity contribution is 0.361. The van der Waals surface area contributed by atoms with E-state index in [1.54, 1.807) is 0 Å². The first-order valence-electron chi connectivity index (χ1n) is 6.89. The van der Waals surface area contributed by atoms with E-state index in [0.717, 1.165) is 18.3 Å². The fraction of sp³-hybridized carbons (Fsp3) is 0.667. The van der Waals surface area contributed by atoms with Gasteiger partial charge in [-0.3, -0.25) is 4.98 Å². The van der Waals surface area contributed by atoms with Crippen LogP contribution in [0.2, 0.25) is 0 Å². The van der Waals surface area contributed by atoms with E-state index in [2.05, 4.69) is 30.3 Å². The molecule has 3 unspecified atom stereocenters. The van der Waals surface area contributed by atoms with Gasteiger partial charge in [0.05, 0.1) is 0 Å². The van der Waals surface area contributed by atoms with Gasteiger partial charge in [-0.25, -0.2) is 0 Å². The average Bonchev–Trinajstić information content (AvgIpc) is 2.86. The van der Waals surface area contributed by atoms with Crippen molar-refractivity contribution in [2.75, 3.05) is 7.05 Å². The highest BCUT2D eigenvalue weighted by atomic mass is 14.9. The van der Waals surface area contributed by atoms with E-state index in [1.807, 2.05) is 18.5 Å². The predicted octanol–water partition coefficient (Wildman–Crippen LogP) is 3.04. The van der Waals surface area contributed by atoms with Crippen LogP contribution in [0.15, 0.2) is 24.5 Å². The molecular weight excluding hydrogens is 208 g/mol. The minimum atomic E-state index is 0.621. The SMILES string of the molecule is CCC1CCC(C(Cc2cccnc2)NC)C1. The van der Waals surface area contributed by atoms with Crippen LogP contribution in [0, 0.1) is 11.8 Å². The molecule has 1 aliphatic rings. The van der Waals surface area contributed by atoms with Crippen LogP contribution in [0.5, 0.6) is 0 Å². The zero-order valence-electron chi connectivity index (χ0n) is 11.0. The summed E-state index contributed by atoms with van der Waals surface area (Å²) >= 11 is 0. The third-order valence-corrected chi connectivity index (χ3v) is 4.28. The van der Waals surface area contributed by atoms with Crippen LogP contribution in [0.4, 0.5) is 0 Å². The molecule has 2 rings (SSSR count). The number of likely N-dealkylation sites (N-methyl/N-ethyl adjacent to an activating group) is 1. The number of rotatable bonds is 5. The van der Waals surface area contributed by atoms with Gasteiger partial charge in [0.15, 0.2) is 0 Å². The molecule has 0 radical (unpaired) electrons. The van der Waals surface area contributed by atoms with Gasteiger partial charge in [-0.1, -0.05) is 25.8 Å². The summed E-state index contributed by atoms with van der Waals surface area (Å²) in [6, 6.07) is 4.84. The molecule has 1 aliphatic carbocycles. The van der Waals surface area contributed by atoms with Gasteiger partial charge in [0.1, 0.15) is 0 Å². The molecule has 3 atom stereocenters. The van der Waals surface area contributed by atoms with Crippen LogP contribution in [-0.4, -0.2) is 18.1 Å². The first kappa shape index (κ1) is 12.6.